The minimum Gasteiger partial charge on any atom is -0.375 e. The van der Waals surface area contributed by atoms with Crippen LogP contribution in [0, 0.1) is 0 Å². The van der Waals surface area contributed by atoms with Crippen LogP contribution < -0.4 is 16.8 Å². The molecule has 0 amide bonds. The summed E-state index contributed by atoms with van der Waals surface area (Å²) < 4.78 is 0. The summed E-state index contributed by atoms with van der Waals surface area (Å²) in [4.78, 5) is 7.69. The van der Waals surface area contributed by atoms with E-state index in [1.807, 2.05) is 0 Å². The van der Waals surface area contributed by atoms with Crippen LogP contribution in [0.4, 0.5) is 0 Å². The number of hydrogen-bond acceptors (Lipinski definition) is 5. The quantitative estimate of drug-likeness (QED) is 0.439. The first-order chi connectivity index (χ1) is 5.00. The van der Waals surface area contributed by atoms with E-state index >= 15 is 0 Å². The van der Waals surface area contributed by atoms with Gasteiger partial charge in [0.1, 0.15) is 0 Å². The van der Waals surface area contributed by atoms with E-state index in [-0.39, 0.29) is 6.15 Å². The molecule has 64 valence electrons. The van der Waals surface area contributed by atoms with E-state index in [2.05, 4.69) is 20.6 Å². The maximum absolute atomic E-state index is 3.85. The summed E-state index contributed by atoms with van der Waals surface area (Å²) >= 11 is 0. The number of hydrogen-bond donors (Lipinski definition) is 3. The van der Waals surface area contributed by atoms with Gasteiger partial charge in [-0.2, -0.15) is 0 Å². The first-order valence-corrected chi connectivity index (χ1v) is 3.43. The number of aliphatic imine (C=N–C) groups is 2. The summed E-state index contributed by atoms with van der Waals surface area (Å²) in [6.07, 6.45) is 3.47. The summed E-state index contributed by atoms with van der Waals surface area (Å²) in [5, 5.41) is 5.86. The van der Waals surface area contributed by atoms with Gasteiger partial charge in [-0.3, -0.25) is 9.98 Å². The van der Waals surface area contributed by atoms with Crippen molar-refractivity contribution in [3.63, 3.8) is 0 Å². The van der Waals surface area contributed by atoms with E-state index in [1.54, 1.807) is 12.7 Å². The third-order valence-corrected chi connectivity index (χ3v) is 1.14. The standard InChI is InChI=1S/2C3H6N2.H3N/c2*1-2-5-3-4-1;/h2*3H,1-2H2,(H,4,5);1H3. The monoisotopic (exact) mass is 157 g/mol. The Labute approximate surface area is 66.6 Å². The SMILES string of the molecule is C1=NCCN1.C1=NCCN1.N. The van der Waals surface area contributed by atoms with Crippen LogP contribution in [0.3, 0.4) is 0 Å². The van der Waals surface area contributed by atoms with Crippen LogP contribution in [0.25, 0.3) is 0 Å². The van der Waals surface area contributed by atoms with E-state index in [9.17, 15) is 0 Å². The molecule has 0 unspecified atom stereocenters. The highest BCUT2D eigenvalue weighted by Gasteiger charge is 1.82. The summed E-state index contributed by atoms with van der Waals surface area (Å²) in [6, 6.07) is 0. The van der Waals surface area contributed by atoms with Crippen LogP contribution in [0.1, 0.15) is 0 Å². The van der Waals surface area contributed by atoms with Crippen LogP contribution in [0.15, 0.2) is 9.98 Å². The summed E-state index contributed by atoms with van der Waals surface area (Å²) in [5.41, 5.74) is 0. The summed E-state index contributed by atoms with van der Waals surface area (Å²) in [6.45, 7) is 3.97. The Morgan fingerprint density at radius 3 is 1.45 bits per heavy atom. The molecule has 2 aliphatic rings. The fraction of sp³-hybridized carbons (Fsp3) is 0.667. The molecule has 0 radical (unpaired) electrons. The molecule has 0 fully saturated rings. The van der Waals surface area contributed by atoms with Gasteiger partial charge in [0.2, 0.25) is 0 Å². The Bertz CT molecular complexity index is 103. The van der Waals surface area contributed by atoms with Crippen molar-refractivity contribution in [1.82, 2.24) is 16.8 Å². The Hall–Kier alpha value is -1.10. The highest BCUT2D eigenvalue weighted by Crippen LogP contribution is 1.69. The predicted octanol–water partition coefficient (Wildman–Crippen LogP) is -0.602. The molecule has 2 aliphatic heterocycles. The number of rotatable bonds is 0. The topological polar surface area (TPSA) is 83.8 Å². The zero-order valence-corrected chi connectivity index (χ0v) is 6.58. The van der Waals surface area contributed by atoms with Crippen LogP contribution in [0.2, 0.25) is 0 Å². The number of nitrogens with zero attached hydrogens (tertiary/aromatic N) is 2. The van der Waals surface area contributed by atoms with E-state index in [0.717, 1.165) is 26.2 Å². The molecule has 5 heteroatoms. The zero-order valence-electron chi connectivity index (χ0n) is 6.58. The van der Waals surface area contributed by atoms with Crippen LogP contribution >= 0.6 is 0 Å². The van der Waals surface area contributed by atoms with E-state index in [4.69, 9.17) is 0 Å². The smallest absolute Gasteiger partial charge is 0.0825 e. The van der Waals surface area contributed by atoms with Gasteiger partial charge in [0, 0.05) is 13.1 Å². The minimum atomic E-state index is 0. The van der Waals surface area contributed by atoms with Gasteiger partial charge in [-0.15, -0.1) is 0 Å². The lowest BCUT2D eigenvalue weighted by molar-refractivity contribution is 0.965. The summed E-state index contributed by atoms with van der Waals surface area (Å²) in [7, 11) is 0. The largest absolute Gasteiger partial charge is 0.375 e. The second-order valence-corrected chi connectivity index (χ2v) is 1.98. The maximum Gasteiger partial charge on any atom is 0.0825 e. The lowest BCUT2D eigenvalue weighted by atomic mass is 10.7. The second kappa shape index (κ2) is 7.01. The van der Waals surface area contributed by atoms with Gasteiger partial charge in [-0.25, -0.2) is 0 Å². The molecule has 0 atom stereocenters. The van der Waals surface area contributed by atoms with Crippen LogP contribution in [-0.4, -0.2) is 38.9 Å². The molecule has 2 rings (SSSR count). The lowest BCUT2D eigenvalue weighted by Gasteiger charge is -1.75. The molecule has 0 aromatic carbocycles. The third-order valence-electron chi connectivity index (χ3n) is 1.14. The molecule has 0 saturated heterocycles. The van der Waals surface area contributed by atoms with Gasteiger partial charge in [0.05, 0.1) is 25.8 Å². The fourth-order valence-electron chi connectivity index (χ4n) is 0.645. The van der Waals surface area contributed by atoms with Crippen molar-refractivity contribution < 1.29 is 0 Å². The first-order valence-electron chi connectivity index (χ1n) is 3.43. The Morgan fingerprint density at radius 1 is 0.909 bits per heavy atom. The third kappa shape index (κ3) is 5.35. The molecule has 0 aromatic rings. The maximum atomic E-state index is 3.85. The van der Waals surface area contributed by atoms with Crippen LogP contribution in [0.5, 0.6) is 0 Å². The van der Waals surface area contributed by atoms with Crippen molar-refractivity contribution in [2.45, 2.75) is 0 Å². The normalized spacial score (nSPS) is 17.5. The van der Waals surface area contributed by atoms with Crippen molar-refractivity contribution in [2.75, 3.05) is 26.2 Å². The van der Waals surface area contributed by atoms with Gasteiger partial charge in [-0.1, -0.05) is 0 Å². The van der Waals surface area contributed by atoms with Crippen LogP contribution in [-0.2, 0) is 0 Å². The zero-order chi connectivity index (χ0) is 7.07. The number of nitrogens with one attached hydrogen (secondary N) is 2. The molecule has 0 spiro atoms. The minimum absolute atomic E-state index is 0. The van der Waals surface area contributed by atoms with Gasteiger partial charge in [0.15, 0.2) is 0 Å². The second-order valence-electron chi connectivity index (χ2n) is 1.98. The Balaban J connectivity index is 0.000000167. The highest BCUT2D eigenvalue weighted by molar-refractivity contribution is 5.56. The molecule has 5 nitrogen and oxygen atoms in total. The van der Waals surface area contributed by atoms with E-state index in [0.29, 0.717) is 0 Å². The Morgan fingerprint density at radius 2 is 1.36 bits per heavy atom. The lowest BCUT2D eigenvalue weighted by Crippen LogP contribution is -2.04. The first kappa shape index (κ1) is 9.90. The molecular weight excluding hydrogens is 142 g/mol. The highest BCUT2D eigenvalue weighted by atomic mass is 15.0. The van der Waals surface area contributed by atoms with E-state index in [1.165, 1.54) is 0 Å². The van der Waals surface area contributed by atoms with Gasteiger partial charge in [-0.05, 0) is 0 Å². The molecule has 0 aliphatic carbocycles. The molecule has 0 saturated carbocycles. The van der Waals surface area contributed by atoms with Crippen molar-refractivity contribution in [3.8, 4) is 0 Å². The van der Waals surface area contributed by atoms with Crippen molar-refractivity contribution in [2.24, 2.45) is 9.98 Å². The fourth-order valence-corrected chi connectivity index (χ4v) is 0.645. The van der Waals surface area contributed by atoms with E-state index < -0.39 is 0 Å². The van der Waals surface area contributed by atoms with Crippen molar-refractivity contribution >= 4 is 12.7 Å². The van der Waals surface area contributed by atoms with Gasteiger partial charge in [0.25, 0.3) is 0 Å². The molecule has 0 aromatic heterocycles. The predicted molar refractivity (Wildman–Crippen MR) is 47.7 cm³/mol. The molecular formula is C6H15N5. The molecule has 5 N–H and O–H groups in total. The summed E-state index contributed by atoms with van der Waals surface area (Å²) in [5.74, 6) is 0. The van der Waals surface area contributed by atoms with Gasteiger partial charge < -0.3 is 16.8 Å². The van der Waals surface area contributed by atoms with Crippen molar-refractivity contribution in [3.05, 3.63) is 0 Å². The average Bonchev–Trinajstić information content (AvgIpc) is 2.67. The molecule has 2 heterocycles. The average molecular weight is 157 g/mol. The van der Waals surface area contributed by atoms with Gasteiger partial charge >= 0.3 is 0 Å². The van der Waals surface area contributed by atoms with Crippen molar-refractivity contribution in [1.29, 1.82) is 0 Å². The molecule has 0 bridgehead atoms. The molecule has 11 heavy (non-hydrogen) atoms. The Kier molecular flexibility index (Phi) is 6.31.